The Morgan fingerprint density at radius 3 is 1.00 bits per heavy atom. The van der Waals surface area contributed by atoms with Gasteiger partial charge in [-0.25, -0.2) is 0 Å². The number of hydrogen-bond acceptors (Lipinski definition) is 3. The van der Waals surface area contributed by atoms with Gasteiger partial charge in [-0.2, -0.15) is 11.3 Å². The Labute approximate surface area is 106 Å². The molecule has 86 valence electrons. The lowest BCUT2D eigenvalue weighted by atomic mass is 10.5. The highest BCUT2D eigenvalue weighted by Crippen LogP contribution is 1.91. The van der Waals surface area contributed by atoms with E-state index in [1.165, 1.54) is 0 Å². The van der Waals surface area contributed by atoms with E-state index in [1.54, 1.807) is 36.1 Å². The van der Waals surface area contributed by atoms with Crippen LogP contribution in [-0.2, 0) is 0 Å². The Morgan fingerprint density at radius 2 is 0.882 bits per heavy atom. The molecule has 3 aromatic heterocycles. The van der Waals surface area contributed by atoms with Crippen LogP contribution in [0.5, 0.6) is 0 Å². The Kier molecular flexibility index (Phi) is 8.08. The topological polar surface area (TPSA) is 25.8 Å². The maximum absolute atomic E-state index is 3.78. The quantitative estimate of drug-likeness (QED) is 0.597. The summed E-state index contributed by atoms with van der Waals surface area (Å²) in [5.74, 6) is 0. The van der Waals surface area contributed by atoms with Crippen LogP contribution in [0, 0.1) is 0 Å². The third-order valence-electron chi connectivity index (χ3n) is 1.56. The van der Waals surface area contributed by atoms with Gasteiger partial charge in [-0.3, -0.25) is 9.97 Å². The molecule has 3 aromatic rings. The van der Waals surface area contributed by atoms with Gasteiger partial charge in [-0.1, -0.05) is 24.3 Å². The standard InChI is InChI=1S/2C5H5N.C4H4S/c2*1-2-4-6-5-3-1;1-2-4-5-3-1/h2*1-5H;1-4H. The molecule has 0 aliphatic rings. The molecule has 3 rings (SSSR count). The molecular formula is C14H14N2S. The number of nitrogens with zero attached hydrogens (tertiary/aromatic N) is 2. The van der Waals surface area contributed by atoms with Gasteiger partial charge in [0.05, 0.1) is 0 Å². The molecule has 0 fully saturated rings. The van der Waals surface area contributed by atoms with Crippen molar-refractivity contribution in [3.63, 3.8) is 0 Å². The van der Waals surface area contributed by atoms with Crippen LogP contribution in [0.4, 0.5) is 0 Å². The number of thiophene rings is 1. The Balaban J connectivity index is 0.000000128. The van der Waals surface area contributed by atoms with Crippen molar-refractivity contribution in [2.45, 2.75) is 0 Å². The minimum absolute atomic E-state index is 1.71. The summed E-state index contributed by atoms with van der Waals surface area (Å²) >= 11 is 1.71. The van der Waals surface area contributed by atoms with Gasteiger partial charge in [-0.15, -0.1) is 0 Å². The summed E-state index contributed by atoms with van der Waals surface area (Å²) in [5.41, 5.74) is 0. The van der Waals surface area contributed by atoms with Gasteiger partial charge < -0.3 is 0 Å². The summed E-state index contributed by atoms with van der Waals surface area (Å²) in [6, 6.07) is 15.5. The van der Waals surface area contributed by atoms with E-state index in [4.69, 9.17) is 0 Å². The number of pyridine rings is 2. The molecule has 0 bridgehead atoms. The summed E-state index contributed by atoms with van der Waals surface area (Å²) in [6.07, 6.45) is 7.00. The van der Waals surface area contributed by atoms with Crippen LogP contribution in [0.25, 0.3) is 0 Å². The zero-order valence-corrected chi connectivity index (χ0v) is 10.2. The monoisotopic (exact) mass is 242 g/mol. The fourth-order valence-corrected chi connectivity index (χ4v) is 1.31. The third kappa shape index (κ3) is 8.96. The predicted octanol–water partition coefficient (Wildman–Crippen LogP) is 3.91. The number of aromatic nitrogens is 2. The smallest absolute Gasteiger partial charge is 0.0267 e. The minimum Gasteiger partial charge on any atom is -0.265 e. The van der Waals surface area contributed by atoms with Crippen LogP contribution < -0.4 is 0 Å². The van der Waals surface area contributed by atoms with Crippen LogP contribution in [-0.4, -0.2) is 9.97 Å². The van der Waals surface area contributed by atoms with Gasteiger partial charge in [0.2, 0.25) is 0 Å². The van der Waals surface area contributed by atoms with Crippen molar-refractivity contribution in [3.05, 3.63) is 84.1 Å². The highest BCUT2D eigenvalue weighted by Gasteiger charge is 1.59. The normalized spacial score (nSPS) is 8.00. The Bertz CT molecular complexity index is 324. The van der Waals surface area contributed by atoms with Crippen LogP contribution in [0.2, 0.25) is 0 Å². The van der Waals surface area contributed by atoms with E-state index in [0.717, 1.165) is 0 Å². The lowest BCUT2D eigenvalue weighted by Gasteiger charge is -1.70. The molecule has 0 saturated heterocycles. The maximum atomic E-state index is 3.78. The summed E-state index contributed by atoms with van der Waals surface area (Å²) < 4.78 is 0. The van der Waals surface area contributed by atoms with Crippen molar-refractivity contribution in [3.8, 4) is 0 Å². The average molecular weight is 242 g/mol. The second kappa shape index (κ2) is 10.5. The first-order chi connectivity index (χ1) is 8.50. The molecule has 0 amide bonds. The second-order valence-corrected chi connectivity index (χ2v) is 3.66. The van der Waals surface area contributed by atoms with Crippen LogP contribution in [0.15, 0.2) is 84.1 Å². The molecule has 3 heterocycles. The Hall–Kier alpha value is -2.00. The van der Waals surface area contributed by atoms with E-state index in [2.05, 4.69) is 9.97 Å². The summed E-state index contributed by atoms with van der Waals surface area (Å²) in [4.78, 5) is 7.57. The second-order valence-electron chi connectivity index (χ2n) is 2.84. The molecule has 0 aliphatic carbocycles. The summed E-state index contributed by atoms with van der Waals surface area (Å²) in [7, 11) is 0. The zero-order chi connectivity index (χ0) is 12.0. The zero-order valence-electron chi connectivity index (χ0n) is 9.39. The van der Waals surface area contributed by atoms with Crippen molar-refractivity contribution in [1.29, 1.82) is 0 Å². The molecule has 3 heteroatoms. The lowest BCUT2D eigenvalue weighted by Crippen LogP contribution is -1.58. The van der Waals surface area contributed by atoms with E-state index in [0.29, 0.717) is 0 Å². The molecule has 0 atom stereocenters. The van der Waals surface area contributed by atoms with Crippen molar-refractivity contribution in [1.82, 2.24) is 9.97 Å². The fraction of sp³-hybridized carbons (Fsp3) is 0. The van der Waals surface area contributed by atoms with Crippen molar-refractivity contribution < 1.29 is 0 Å². The first-order valence-electron chi connectivity index (χ1n) is 5.17. The lowest BCUT2D eigenvalue weighted by molar-refractivity contribution is 1.33. The first-order valence-corrected chi connectivity index (χ1v) is 6.11. The third-order valence-corrected chi connectivity index (χ3v) is 2.19. The van der Waals surface area contributed by atoms with Gasteiger partial charge in [0.15, 0.2) is 0 Å². The number of hydrogen-bond donors (Lipinski definition) is 0. The van der Waals surface area contributed by atoms with Crippen LogP contribution >= 0.6 is 11.3 Å². The molecule has 0 spiro atoms. The molecule has 2 nitrogen and oxygen atoms in total. The van der Waals surface area contributed by atoms with Crippen LogP contribution in [0.3, 0.4) is 0 Å². The highest BCUT2D eigenvalue weighted by atomic mass is 32.1. The van der Waals surface area contributed by atoms with Crippen molar-refractivity contribution >= 4 is 11.3 Å². The van der Waals surface area contributed by atoms with E-state index >= 15 is 0 Å². The largest absolute Gasteiger partial charge is 0.265 e. The van der Waals surface area contributed by atoms with E-state index in [9.17, 15) is 0 Å². The maximum Gasteiger partial charge on any atom is 0.0267 e. The summed E-state index contributed by atoms with van der Waals surface area (Å²) in [6.45, 7) is 0. The predicted molar refractivity (Wildman–Crippen MR) is 72.8 cm³/mol. The van der Waals surface area contributed by atoms with Crippen LogP contribution in [0.1, 0.15) is 0 Å². The highest BCUT2D eigenvalue weighted by molar-refractivity contribution is 7.07. The van der Waals surface area contributed by atoms with Gasteiger partial charge in [0.1, 0.15) is 0 Å². The molecule has 0 N–H and O–H groups in total. The number of rotatable bonds is 0. The summed E-state index contributed by atoms with van der Waals surface area (Å²) in [5, 5.41) is 4.08. The average Bonchev–Trinajstić information content (AvgIpc) is 3.03. The van der Waals surface area contributed by atoms with Gasteiger partial charge >= 0.3 is 0 Å². The van der Waals surface area contributed by atoms with E-state index < -0.39 is 0 Å². The molecule has 0 saturated carbocycles. The van der Waals surface area contributed by atoms with Crippen molar-refractivity contribution in [2.24, 2.45) is 0 Å². The molecule has 0 unspecified atom stereocenters. The van der Waals surface area contributed by atoms with Gasteiger partial charge in [0.25, 0.3) is 0 Å². The molecule has 0 aliphatic heterocycles. The van der Waals surface area contributed by atoms with E-state index in [-0.39, 0.29) is 0 Å². The fourth-order valence-electron chi connectivity index (χ4n) is 0.852. The molecule has 0 radical (unpaired) electrons. The van der Waals surface area contributed by atoms with Gasteiger partial charge in [-0.05, 0) is 35.0 Å². The SMILES string of the molecule is c1ccncc1.c1ccncc1.c1ccsc1. The minimum atomic E-state index is 1.71. The molecule has 0 aromatic carbocycles. The first kappa shape index (κ1) is 13.1. The Morgan fingerprint density at radius 1 is 0.471 bits per heavy atom. The van der Waals surface area contributed by atoms with E-state index in [1.807, 2.05) is 59.3 Å². The van der Waals surface area contributed by atoms with Gasteiger partial charge in [0, 0.05) is 24.8 Å². The molecule has 17 heavy (non-hydrogen) atoms. The van der Waals surface area contributed by atoms with Crippen molar-refractivity contribution in [2.75, 3.05) is 0 Å². The molecular weight excluding hydrogens is 228 g/mol.